The number of hydrogen-bond acceptors (Lipinski definition) is 4. The zero-order valence-electron chi connectivity index (χ0n) is 11.0. The van der Waals surface area contributed by atoms with Gasteiger partial charge >= 0.3 is 0 Å². The predicted molar refractivity (Wildman–Crippen MR) is 76.1 cm³/mol. The van der Waals surface area contributed by atoms with Crippen LogP contribution >= 0.6 is 0 Å². The summed E-state index contributed by atoms with van der Waals surface area (Å²) in [7, 11) is 1.89. The number of aromatic nitrogens is 1. The molecule has 0 radical (unpaired) electrons. The highest BCUT2D eigenvalue weighted by Crippen LogP contribution is 2.26. The van der Waals surface area contributed by atoms with Gasteiger partial charge in [-0.25, -0.2) is 4.98 Å². The highest BCUT2D eigenvalue weighted by molar-refractivity contribution is 5.66. The first-order valence-corrected chi connectivity index (χ1v) is 6.08. The third kappa shape index (κ3) is 2.72. The summed E-state index contributed by atoms with van der Waals surface area (Å²) in [5.74, 6) is 0.775. The molecule has 0 saturated heterocycles. The van der Waals surface area contributed by atoms with Gasteiger partial charge in [0, 0.05) is 19.3 Å². The monoisotopic (exact) mass is 252 g/mol. The fraction of sp³-hybridized carbons (Fsp3) is 0.200. The molecule has 0 aliphatic rings. The summed E-state index contributed by atoms with van der Waals surface area (Å²) >= 11 is 0. The van der Waals surface area contributed by atoms with Gasteiger partial charge in [-0.1, -0.05) is 12.1 Å². The van der Waals surface area contributed by atoms with Crippen LogP contribution in [0, 0.1) is 11.3 Å². The van der Waals surface area contributed by atoms with E-state index >= 15 is 0 Å². The molecule has 0 fully saturated rings. The Morgan fingerprint density at radius 2 is 2.05 bits per heavy atom. The van der Waals surface area contributed by atoms with E-state index in [2.05, 4.69) is 11.1 Å². The summed E-state index contributed by atoms with van der Waals surface area (Å²) in [6.07, 6.45) is 1.74. The van der Waals surface area contributed by atoms with Crippen molar-refractivity contribution in [2.45, 2.75) is 13.0 Å². The Morgan fingerprint density at radius 3 is 2.74 bits per heavy atom. The first kappa shape index (κ1) is 13.1. The van der Waals surface area contributed by atoms with Crippen LogP contribution in [0.15, 0.2) is 42.6 Å². The summed E-state index contributed by atoms with van der Waals surface area (Å²) < 4.78 is 0. The van der Waals surface area contributed by atoms with Gasteiger partial charge < -0.3 is 10.6 Å². The molecule has 2 N–H and O–H groups in total. The maximum absolute atomic E-state index is 9.14. The Labute approximate surface area is 113 Å². The van der Waals surface area contributed by atoms with Crippen molar-refractivity contribution in [1.82, 2.24) is 4.98 Å². The maximum Gasteiger partial charge on any atom is 0.133 e. The number of para-hydroxylation sites is 1. The first-order chi connectivity index (χ1) is 9.13. The number of nitrogens with two attached hydrogens (primary N) is 1. The summed E-state index contributed by atoms with van der Waals surface area (Å²) in [5, 5.41) is 9.14. The smallest absolute Gasteiger partial charge is 0.133 e. The molecule has 0 bridgehead atoms. The average Bonchev–Trinajstić information content (AvgIpc) is 2.46. The van der Waals surface area contributed by atoms with Crippen molar-refractivity contribution < 1.29 is 0 Å². The minimum Gasteiger partial charge on any atom is -0.328 e. The van der Waals surface area contributed by atoms with Gasteiger partial charge in [-0.2, -0.15) is 5.26 Å². The van der Waals surface area contributed by atoms with Crippen molar-refractivity contribution in [3.05, 3.63) is 53.7 Å². The maximum atomic E-state index is 9.14. The molecule has 1 atom stereocenters. The molecular formula is C15H16N4. The molecule has 0 aliphatic carbocycles. The van der Waals surface area contributed by atoms with Crippen molar-refractivity contribution in [3.63, 3.8) is 0 Å². The second kappa shape index (κ2) is 5.51. The molecule has 1 heterocycles. The number of hydrogen-bond donors (Lipinski definition) is 1. The third-order valence-corrected chi connectivity index (χ3v) is 3.02. The van der Waals surface area contributed by atoms with Crippen LogP contribution in [0.4, 0.5) is 11.5 Å². The van der Waals surface area contributed by atoms with Crippen molar-refractivity contribution in [3.8, 4) is 6.07 Å². The van der Waals surface area contributed by atoms with Crippen LogP contribution in [0.5, 0.6) is 0 Å². The molecule has 0 aliphatic heterocycles. The number of nitrogens with zero attached hydrogens (tertiary/aromatic N) is 3. The molecular weight excluding hydrogens is 236 g/mol. The normalized spacial score (nSPS) is 11.7. The largest absolute Gasteiger partial charge is 0.328 e. The Morgan fingerprint density at radius 1 is 1.32 bits per heavy atom. The summed E-state index contributed by atoms with van der Waals surface area (Å²) in [5.41, 5.74) is 8.35. The molecule has 0 spiro atoms. The van der Waals surface area contributed by atoms with Crippen LogP contribution in [0.2, 0.25) is 0 Å². The minimum absolute atomic E-state index is 0.0404. The molecule has 19 heavy (non-hydrogen) atoms. The van der Waals surface area contributed by atoms with E-state index in [0.29, 0.717) is 5.56 Å². The lowest BCUT2D eigenvalue weighted by atomic mass is 10.1. The Kier molecular flexibility index (Phi) is 3.79. The van der Waals surface area contributed by atoms with Crippen LogP contribution < -0.4 is 10.6 Å². The number of pyridine rings is 1. The SMILES string of the molecule is C[C@H](N)c1ccnc(N(C)c2ccccc2C#N)c1. The zero-order valence-corrected chi connectivity index (χ0v) is 11.0. The second-order valence-electron chi connectivity index (χ2n) is 4.42. The number of nitriles is 1. The van der Waals surface area contributed by atoms with E-state index < -0.39 is 0 Å². The van der Waals surface area contributed by atoms with Crippen LogP contribution in [0.3, 0.4) is 0 Å². The summed E-state index contributed by atoms with van der Waals surface area (Å²) in [6.45, 7) is 1.93. The third-order valence-electron chi connectivity index (χ3n) is 3.02. The quantitative estimate of drug-likeness (QED) is 0.912. The average molecular weight is 252 g/mol. The fourth-order valence-electron chi connectivity index (χ4n) is 1.88. The van der Waals surface area contributed by atoms with E-state index in [1.165, 1.54) is 0 Å². The highest BCUT2D eigenvalue weighted by atomic mass is 15.2. The van der Waals surface area contributed by atoms with Gasteiger partial charge in [-0.15, -0.1) is 0 Å². The van der Waals surface area contributed by atoms with Gasteiger partial charge in [0.2, 0.25) is 0 Å². The molecule has 4 heteroatoms. The molecule has 0 saturated carbocycles. The van der Waals surface area contributed by atoms with E-state index in [9.17, 15) is 0 Å². The Balaban J connectivity index is 2.42. The van der Waals surface area contributed by atoms with Crippen LogP contribution in [-0.4, -0.2) is 12.0 Å². The minimum atomic E-state index is -0.0404. The second-order valence-corrected chi connectivity index (χ2v) is 4.42. The van der Waals surface area contributed by atoms with Gasteiger partial charge in [0.1, 0.15) is 11.9 Å². The Bertz CT molecular complexity index is 614. The van der Waals surface area contributed by atoms with Crippen LogP contribution in [-0.2, 0) is 0 Å². The lowest BCUT2D eigenvalue weighted by Crippen LogP contribution is -2.14. The molecule has 4 nitrogen and oxygen atoms in total. The van der Waals surface area contributed by atoms with E-state index in [1.807, 2.05) is 49.2 Å². The highest BCUT2D eigenvalue weighted by Gasteiger charge is 2.11. The Hall–Kier alpha value is -2.38. The van der Waals surface area contributed by atoms with Crippen molar-refractivity contribution in [2.75, 3.05) is 11.9 Å². The van der Waals surface area contributed by atoms with Gasteiger partial charge in [0.05, 0.1) is 11.3 Å². The topological polar surface area (TPSA) is 65.9 Å². The van der Waals surface area contributed by atoms with Crippen LogP contribution in [0.25, 0.3) is 0 Å². The van der Waals surface area contributed by atoms with Crippen molar-refractivity contribution in [2.24, 2.45) is 5.73 Å². The zero-order chi connectivity index (χ0) is 13.8. The molecule has 0 amide bonds. The van der Waals surface area contributed by atoms with Gasteiger partial charge in [-0.3, -0.25) is 0 Å². The lowest BCUT2D eigenvalue weighted by molar-refractivity contribution is 0.814. The molecule has 0 unspecified atom stereocenters. The summed E-state index contributed by atoms with van der Waals surface area (Å²) in [4.78, 5) is 6.23. The van der Waals surface area contributed by atoms with Crippen molar-refractivity contribution >= 4 is 11.5 Å². The number of benzene rings is 1. The van der Waals surface area contributed by atoms with E-state index in [-0.39, 0.29) is 6.04 Å². The molecule has 1 aromatic heterocycles. The van der Waals surface area contributed by atoms with Crippen molar-refractivity contribution in [1.29, 1.82) is 5.26 Å². The first-order valence-electron chi connectivity index (χ1n) is 6.08. The molecule has 96 valence electrons. The molecule has 2 aromatic rings. The van der Waals surface area contributed by atoms with E-state index in [0.717, 1.165) is 17.1 Å². The number of rotatable bonds is 3. The van der Waals surface area contributed by atoms with Gasteiger partial charge in [0.25, 0.3) is 0 Å². The fourth-order valence-corrected chi connectivity index (χ4v) is 1.88. The molecule has 2 rings (SSSR count). The van der Waals surface area contributed by atoms with Gasteiger partial charge in [0.15, 0.2) is 0 Å². The molecule has 1 aromatic carbocycles. The van der Waals surface area contributed by atoms with E-state index in [4.69, 9.17) is 11.0 Å². The number of anilines is 2. The van der Waals surface area contributed by atoms with Gasteiger partial charge in [-0.05, 0) is 36.8 Å². The van der Waals surface area contributed by atoms with Crippen LogP contribution in [0.1, 0.15) is 24.1 Å². The summed E-state index contributed by atoms with van der Waals surface area (Å²) in [6, 6.07) is 13.4. The van der Waals surface area contributed by atoms with E-state index in [1.54, 1.807) is 12.3 Å². The standard InChI is InChI=1S/C15H16N4/c1-11(17)12-7-8-18-15(9-12)19(2)14-6-4-3-5-13(14)10-16/h3-9,11H,17H2,1-2H3/t11-/m0/s1. The lowest BCUT2D eigenvalue weighted by Gasteiger charge is -2.20. The predicted octanol–water partition coefficient (Wildman–Crippen LogP) is 2.74.